The highest BCUT2D eigenvalue weighted by Crippen LogP contribution is 2.30. The van der Waals surface area contributed by atoms with Crippen LogP contribution in [0.3, 0.4) is 0 Å². The number of aromatic nitrogens is 2. The van der Waals surface area contributed by atoms with Crippen LogP contribution in [0.25, 0.3) is 0 Å². The number of halogens is 3. The van der Waals surface area contributed by atoms with E-state index >= 15 is 0 Å². The molecule has 28 heavy (non-hydrogen) atoms. The second-order valence-corrected chi connectivity index (χ2v) is 6.21. The van der Waals surface area contributed by atoms with Gasteiger partial charge in [0.1, 0.15) is 0 Å². The molecular weight excluding hydrogens is 394 g/mol. The second-order valence-electron chi connectivity index (χ2n) is 6.21. The summed E-state index contributed by atoms with van der Waals surface area (Å²) in [5.74, 6) is -0.0170. The number of carbonyl (C=O) groups is 1. The van der Waals surface area contributed by atoms with Crippen molar-refractivity contribution in [3.63, 3.8) is 0 Å². The van der Waals surface area contributed by atoms with Crippen molar-refractivity contribution >= 4 is 18.3 Å². The number of amides is 1. The molecule has 10 heteroatoms. The van der Waals surface area contributed by atoms with Gasteiger partial charge in [0.05, 0.1) is 6.61 Å². The van der Waals surface area contributed by atoms with Crippen molar-refractivity contribution in [1.82, 2.24) is 20.4 Å². The molecule has 0 radical (unpaired) electrons. The minimum Gasteiger partial charge on any atom is -0.490 e. The molecule has 0 bridgehead atoms. The standard InChI is InChI=1S/C18H22F2N4O3.ClH/c1-3-26-15-8-11(4-5-14(15)27-18(19)20)10-24(2)17(25)16-12-9-21-7-6-13(12)22-23-16;/h4-5,8,18,21H,3,6-7,9-10H2,1-2H3,(H,22,23);1H. The maximum Gasteiger partial charge on any atom is 0.387 e. The van der Waals surface area contributed by atoms with Crippen LogP contribution in [0.1, 0.15) is 34.2 Å². The third kappa shape index (κ3) is 4.90. The van der Waals surface area contributed by atoms with Gasteiger partial charge in [-0.1, -0.05) is 6.07 Å². The van der Waals surface area contributed by atoms with E-state index in [2.05, 4.69) is 20.3 Å². The first-order chi connectivity index (χ1) is 13.0. The molecule has 7 nitrogen and oxygen atoms in total. The third-order valence-corrected chi connectivity index (χ3v) is 4.30. The lowest BCUT2D eigenvalue weighted by atomic mass is 10.1. The highest BCUT2D eigenvalue weighted by Gasteiger charge is 2.24. The molecule has 2 heterocycles. The van der Waals surface area contributed by atoms with E-state index in [1.807, 2.05) is 0 Å². The van der Waals surface area contributed by atoms with Gasteiger partial charge in [0.2, 0.25) is 0 Å². The Kier molecular flexibility index (Phi) is 7.59. The molecule has 1 aliphatic heterocycles. The summed E-state index contributed by atoms with van der Waals surface area (Å²) in [5.41, 5.74) is 3.02. The third-order valence-electron chi connectivity index (χ3n) is 4.30. The summed E-state index contributed by atoms with van der Waals surface area (Å²) in [6, 6.07) is 4.66. The number of H-pyrrole nitrogens is 1. The van der Waals surface area contributed by atoms with E-state index in [9.17, 15) is 13.6 Å². The Morgan fingerprint density at radius 3 is 2.86 bits per heavy atom. The smallest absolute Gasteiger partial charge is 0.387 e. The minimum absolute atomic E-state index is 0. The van der Waals surface area contributed by atoms with Crippen molar-refractivity contribution < 1.29 is 23.0 Å². The molecule has 154 valence electrons. The number of ether oxygens (including phenoxy) is 2. The predicted molar refractivity (Wildman–Crippen MR) is 101 cm³/mol. The number of nitrogens with zero attached hydrogens (tertiary/aromatic N) is 2. The van der Waals surface area contributed by atoms with Crippen LogP contribution >= 0.6 is 12.4 Å². The van der Waals surface area contributed by atoms with Gasteiger partial charge in [-0.3, -0.25) is 9.89 Å². The fourth-order valence-corrected chi connectivity index (χ4v) is 3.04. The number of fused-ring (bicyclic) bond motifs is 1. The van der Waals surface area contributed by atoms with E-state index in [-0.39, 0.29) is 36.4 Å². The van der Waals surface area contributed by atoms with Crippen molar-refractivity contribution in [1.29, 1.82) is 0 Å². The molecular formula is C18H23ClF2N4O3. The van der Waals surface area contributed by atoms with Crippen LogP contribution in [-0.4, -0.2) is 47.8 Å². The quantitative estimate of drug-likeness (QED) is 0.725. The summed E-state index contributed by atoms with van der Waals surface area (Å²) >= 11 is 0. The average Bonchev–Trinajstić information content (AvgIpc) is 3.07. The van der Waals surface area contributed by atoms with Crippen molar-refractivity contribution in [2.45, 2.75) is 33.0 Å². The van der Waals surface area contributed by atoms with Crippen LogP contribution in [-0.2, 0) is 19.5 Å². The van der Waals surface area contributed by atoms with Crippen molar-refractivity contribution in [2.75, 3.05) is 20.2 Å². The Bertz CT molecular complexity index is 816. The lowest BCUT2D eigenvalue weighted by Crippen LogP contribution is -2.30. The molecule has 0 aliphatic carbocycles. The average molecular weight is 417 g/mol. The Hall–Kier alpha value is -2.39. The molecule has 0 fully saturated rings. The van der Waals surface area contributed by atoms with Crippen LogP contribution in [0.15, 0.2) is 18.2 Å². The van der Waals surface area contributed by atoms with Gasteiger partial charge in [-0.15, -0.1) is 12.4 Å². The van der Waals surface area contributed by atoms with Gasteiger partial charge in [-0.05, 0) is 24.6 Å². The van der Waals surface area contributed by atoms with Gasteiger partial charge < -0.3 is 19.7 Å². The van der Waals surface area contributed by atoms with E-state index in [1.54, 1.807) is 26.1 Å². The van der Waals surface area contributed by atoms with Gasteiger partial charge in [-0.2, -0.15) is 13.9 Å². The zero-order valence-corrected chi connectivity index (χ0v) is 16.4. The lowest BCUT2D eigenvalue weighted by molar-refractivity contribution is -0.0514. The minimum atomic E-state index is -2.93. The summed E-state index contributed by atoms with van der Waals surface area (Å²) in [5, 5.41) is 10.3. The Morgan fingerprint density at radius 2 is 2.14 bits per heavy atom. The molecule has 1 aliphatic rings. The number of carbonyl (C=O) groups excluding carboxylic acids is 1. The molecule has 1 aromatic carbocycles. The molecule has 1 aromatic heterocycles. The molecule has 1 amide bonds. The molecule has 0 spiro atoms. The van der Waals surface area contributed by atoms with Crippen LogP contribution < -0.4 is 14.8 Å². The van der Waals surface area contributed by atoms with E-state index in [1.165, 1.54) is 11.0 Å². The number of aromatic amines is 1. The molecule has 2 aromatic rings. The zero-order chi connectivity index (χ0) is 19.4. The zero-order valence-electron chi connectivity index (χ0n) is 15.6. The summed E-state index contributed by atoms with van der Waals surface area (Å²) in [6.07, 6.45) is 0.808. The van der Waals surface area contributed by atoms with Crippen molar-refractivity contribution in [3.05, 3.63) is 40.7 Å². The summed E-state index contributed by atoms with van der Waals surface area (Å²) < 4.78 is 34.9. The first-order valence-electron chi connectivity index (χ1n) is 8.72. The monoisotopic (exact) mass is 416 g/mol. The SMILES string of the molecule is CCOc1cc(CN(C)C(=O)c2n[nH]c3c2CNCC3)ccc1OC(F)F.Cl. The number of rotatable bonds is 7. The van der Waals surface area contributed by atoms with Gasteiger partial charge in [0, 0.05) is 44.4 Å². The number of nitrogens with one attached hydrogen (secondary N) is 2. The maximum atomic E-state index is 12.8. The first-order valence-corrected chi connectivity index (χ1v) is 8.72. The number of hydrogen-bond acceptors (Lipinski definition) is 5. The van der Waals surface area contributed by atoms with Crippen LogP contribution in [0.2, 0.25) is 0 Å². The number of alkyl halides is 2. The Morgan fingerprint density at radius 1 is 1.36 bits per heavy atom. The second kappa shape index (κ2) is 9.70. The normalized spacial score (nSPS) is 12.9. The highest BCUT2D eigenvalue weighted by atomic mass is 35.5. The highest BCUT2D eigenvalue weighted by molar-refractivity contribution is 5.93. The van der Waals surface area contributed by atoms with Crippen molar-refractivity contribution in [2.24, 2.45) is 0 Å². The Labute approximate surface area is 167 Å². The van der Waals surface area contributed by atoms with E-state index in [4.69, 9.17) is 4.74 Å². The van der Waals surface area contributed by atoms with Gasteiger partial charge in [0.25, 0.3) is 5.91 Å². The van der Waals surface area contributed by atoms with Gasteiger partial charge in [-0.25, -0.2) is 0 Å². The fourth-order valence-electron chi connectivity index (χ4n) is 3.04. The summed E-state index contributed by atoms with van der Waals surface area (Å²) in [7, 11) is 1.67. The van der Waals surface area contributed by atoms with Crippen LogP contribution in [0.4, 0.5) is 8.78 Å². The predicted octanol–water partition coefficient (Wildman–Crippen LogP) is 2.75. The fraction of sp³-hybridized carbons (Fsp3) is 0.444. The van der Waals surface area contributed by atoms with E-state index in [0.29, 0.717) is 18.8 Å². The molecule has 0 atom stereocenters. The first kappa shape index (κ1) is 21.9. The van der Waals surface area contributed by atoms with Gasteiger partial charge >= 0.3 is 6.61 Å². The summed E-state index contributed by atoms with van der Waals surface area (Å²) in [6.45, 7) is 0.871. The Balaban J connectivity index is 0.00000280. The number of hydrogen-bond donors (Lipinski definition) is 2. The van der Waals surface area contributed by atoms with Gasteiger partial charge in [0.15, 0.2) is 17.2 Å². The summed E-state index contributed by atoms with van der Waals surface area (Å²) in [4.78, 5) is 14.3. The molecule has 2 N–H and O–H groups in total. The maximum absolute atomic E-state index is 12.8. The largest absolute Gasteiger partial charge is 0.490 e. The molecule has 3 rings (SSSR count). The topological polar surface area (TPSA) is 79.5 Å². The number of benzene rings is 1. The van der Waals surface area contributed by atoms with E-state index < -0.39 is 6.61 Å². The molecule has 0 unspecified atom stereocenters. The van der Waals surface area contributed by atoms with Crippen LogP contribution in [0, 0.1) is 0 Å². The molecule has 0 saturated heterocycles. The van der Waals surface area contributed by atoms with Crippen LogP contribution in [0.5, 0.6) is 11.5 Å². The van der Waals surface area contributed by atoms with E-state index in [0.717, 1.165) is 29.8 Å². The molecule has 0 saturated carbocycles. The lowest BCUT2D eigenvalue weighted by Gasteiger charge is -2.19. The van der Waals surface area contributed by atoms with Crippen molar-refractivity contribution in [3.8, 4) is 11.5 Å².